The Morgan fingerprint density at radius 2 is 1.70 bits per heavy atom. The number of benzene rings is 2. The number of fused-ring (bicyclic) bond motifs is 1. The van der Waals surface area contributed by atoms with E-state index in [1.54, 1.807) is 0 Å². The predicted octanol–water partition coefficient (Wildman–Crippen LogP) is 8.52. The highest BCUT2D eigenvalue weighted by Crippen LogP contribution is 2.37. The highest BCUT2D eigenvalue weighted by Gasteiger charge is 2.34. The minimum Gasteiger partial charge on any atom is -0.458 e. The maximum atomic E-state index is 13.2. The van der Waals surface area contributed by atoms with E-state index in [0.717, 1.165) is 22.9 Å². The number of esters is 1. The minimum absolute atomic E-state index is 0.0919. The third-order valence-electron chi connectivity index (χ3n) is 5.41. The van der Waals surface area contributed by atoms with Crippen molar-refractivity contribution in [2.45, 2.75) is 81.8 Å². The Labute approximate surface area is 184 Å². The van der Waals surface area contributed by atoms with E-state index in [1.165, 1.54) is 10.9 Å². The number of aryl methyl sites for hydroxylation is 1. The van der Waals surface area contributed by atoms with Gasteiger partial charge in [0.1, 0.15) is 6.10 Å². The number of carbonyl (C=O) groups excluding carboxylic acids is 1. The minimum atomic E-state index is -0.305. The monoisotopic (exact) mass is 410 g/mol. The molecule has 0 amide bonds. The molecule has 2 nitrogen and oxygen atoms in total. The van der Waals surface area contributed by atoms with Gasteiger partial charge in [0.05, 0.1) is 5.92 Å². The average molecular weight is 411 g/mol. The average Bonchev–Trinajstić information content (AvgIpc) is 2.67. The molecule has 0 aliphatic carbocycles. The lowest BCUT2D eigenvalue weighted by Gasteiger charge is -2.31. The highest BCUT2D eigenvalue weighted by molar-refractivity contribution is 5.90. The van der Waals surface area contributed by atoms with Crippen LogP contribution < -0.4 is 0 Å². The van der Waals surface area contributed by atoms with Gasteiger partial charge in [-0.1, -0.05) is 91.0 Å². The van der Waals surface area contributed by atoms with Gasteiger partial charge in [-0.05, 0) is 60.4 Å². The number of allylic oxidation sites excluding steroid dienone is 1. The Hall–Kier alpha value is -2.09. The summed E-state index contributed by atoms with van der Waals surface area (Å²) < 4.78 is 6.10. The fourth-order valence-corrected chi connectivity index (χ4v) is 3.95. The molecule has 0 aliphatic rings. The van der Waals surface area contributed by atoms with Crippen LogP contribution in [-0.2, 0) is 9.53 Å². The molecule has 2 unspecified atom stereocenters. The smallest absolute Gasteiger partial charge is 0.310 e. The summed E-state index contributed by atoms with van der Waals surface area (Å²) in [5.74, 6) is 0.243. The van der Waals surface area contributed by atoms with Crippen LogP contribution in [0.1, 0.15) is 91.5 Å². The second-order valence-electron chi connectivity index (χ2n) is 9.37. The van der Waals surface area contributed by atoms with Gasteiger partial charge in [-0.25, -0.2) is 0 Å². The molecule has 2 heteroatoms. The van der Waals surface area contributed by atoms with Crippen molar-refractivity contribution in [3.8, 4) is 0 Å². The van der Waals surface area contributed by atoms with Crippen molar-refractivity contribution in [3.05, 3.63) is 53.1 Å². The highest BCUT2D eigenvalue weighted by atomic mass is 16.5. The largest absolute Gasteiger partial charge is 0.458 e. The molecule has 0 radical (unpaired) electrons. The molecular formula is C28H42O2. The van der Waals surface area contributed by atoms with Gasteiger partial charge in [0.2, 0.25) is 0 Å². The van der Waals surface area contributed by atoms with Crippen molar-refractivity contribution in [1.82, 2.24) is 0 Å². The fraction of sp³-hybridized carbons (Fsp3) is 0.536. The Kier molecular flexibility index (Phi) is 9.81. The number of ether oxygens (including phenoxy) is 1. The van der Waals surface area contributed by atoms with Gasteiger partial charge in [-0.2, -0.15) is 0 Å². The van der Waals surface area contributed by atoms with Crippen LogP contribution in [0.25, 0.3) is 16.8 Å². The lowest BCUT2D eigenvalue weighted by molar-refractivity contribution is -0.158. The van der Waals surface area contributed by atoms with Crippen molar-refractivity contribution in [3.63, 3.8) is 0 Å². The first-order valence-corrected chi connectivity index (χ1v) is 11.4. The van der Waals surface area contributed by atoms with E-state index in [2.05, 4.69) is 71.9 Å². The molecule has 0 spiro atoms. The Morgan fingerprint density at radius 3 is 2.23 bits per heavy atom. The zero-order chi connectivity index (χ0) is 23.1. The zero-order valence-electron chi connectivity index (χ0n) is 20.8. The summed E-state index contributed by atoms with van der Waals surface area (Å²) in [6, 6.07) is 10.6. The van der Waals surface area contributed by atoms with E-state index in [1.807, 2.05) is 39.8 Å². The molecule has 2 rings (SSSR count). The Morgan fingerprint density at radius 1 is 1.10 bits per heavy atom. The molecule has 0 heterocycles. The van der Waals surface area contributed by atoms with Crippen molar-refractivity contribution in [2.75, 3.05) is 0 Å². The van der Waals surface area contributed by atoms with E-state index in [0.29, 0.717) is 5.92 Å². The molecule has 0 saturated heterocycles. The fourth-order valence-electron chi connectivity index (χ4n) is 3.95. The first kappa shape index (κ1) is 25.9. The van der Waals surface area contributed by atoms with Crippen LogP contribution in [0.2, 0.25) is 0 Å². The number of carbonyl (C=O) groups is 1. The van der Waals surface area contributed by atoms with Gasteiger partial charge >= 0.3 is 5.97 Å². The van der Waals surface area contributed by atoms with Gasteiger partial charge in [-0.3, -0.25) is 4.79 Å². The van der Waals surface area contributed by atoms with Crippen LogP contribution in [-0.4, -0.2) is 5.97 Å². The summed E-state index contributed by atoms with van der Waals surface area (Å²) in [7, 11) is 0. The van der Waals surface area contributed by atoms with E-state index in [9.17, 15) is 4.79 Å². The normalized spacial score (nSPS) is 13.8. The summed E-state index contributed by atoms with van der Waals surface area (Å²) in [5, 5.41) is 2.33. The van der Waals surface area contributed by atoms with E-state index >= 15 is 0 Å². The molecule has 166 valence electrons. The van der Waals surface area contributed by atoms with Crippen LogP contribution in [0.5, 0.6) is 0 Å². The summed E-state index contributed by atoms with van der Waals surface area (Å²) in [5.41, 5.74) is 3.32. The van der Waals surface area contributed by atoms with Gasteiger partial charge in [0.25, 0.3) is 0 Å². The van der Waals surface area contributed by atoms with Crippen molar-refractivity contribution >= 4 is 22.8 Å². The Bertz CT molecular complexity index is 853. The van der Waals surface area contributed by atoms with Gasteiger partial charge in [0.15, 0.2) is 0 Å². The third kappa shape index (κ3) is 6.45. The lowest BCUT2D eigenvalue weighted by atomic mass is 9.76. The van der Waals surface area contributed by atoms with E-state index < -0.39 is 0 Å². The maximum Gasteiger partial charge on any atom is 0.310 e. The van der Waals surface area contributed by atoms with E-state index in [4.69, 9.17) is 4.74 Å². The third-order valence-corrected chi connectivity index (χ3v) is 5.41. The molecule has 2 aromatic carbocycles. The topological polar surface area (TPSA) is 26.3 Å². The van der Waals surface area contributed by atoms with Crippen LogP contribution in [0.3, 0.4) is 0 Å². The van der Waals surface area contributed by atoms with Crippen molar-refractivity contribution in [2.24, 2.45) is 17.3 Å². The molecule has 2 atom stereocenters. The van der Waals surface area contributed by atoms with Crippen molar-refractivity contribution < 1.29 is 9.53 Å². The molecule has 0 aliphatic heterocycles. The summed E-state index contributed by atoms with van der Waals surface area (Å²) in [4.78, 5) is 13.2. The lowest BCUT2D eigenvalue weighted by Crippen LogP contribution is -2.32. The second kappa shape index (κ2) is 11.3. The van der Waals surface area contributed by atoms with Gasteiger partial charge in [0, 0.05) is 5.56 Å². The zero-order valence-corrected chi connectivity index (χ0v) is 20.8. The van der Waals surface area contributed by atoms with Gasteiger partial charge in [-0.15, -0.1) is 0 Å². The first-order chi connectivity index (χ1) is 14.1. The molecule has 0 aromatic heterocycles. The molecular weight excluding hydrogens is 368 g/mol. The SMILES string of the molecule is C/C=C\c1c(C)cc2ccccc2c1C(C)OC(=O)C(CC(C)C)C(C)(C)C.CC. The molecule has 0 bridgehead atoms. The van der Waals surface area contributed by atoms with Crippen LogP contribution in [0.4, 0.5) is 0 Å². The molecule has 0 N–H and O–H groups in total. The predicted molar refractivity (Wildman–Crippen MR) is 132 cm³/mol. The summed E-state index contributed by atoms with van der Waals surface area (Å²) >= 11 is 0. The molecule has 30 heavy (non-hydrogen) atoms. The van der Waals surface area contributed by atoms with Crippen LogP contribution in [0, 0.1) is 24.2 Å². The first-order valence-electron chi connectivity index (χ1n) is 11.4. The van der Waals surface area contributed by atoms with E-state index in [-0.39, 0.29) is 23.4 Å². The molecule has 0 saturated carbocycles. The van der Waals surface area contributed by atoms with Crippen LogP contribution >= 0.6 is 0 Å². The molecule has 0 fully saturated rings. The number of rotatable bonds is 6. The number of hydrogen-bond donors (Lipinski definition) is 0. The summed E-state index contributed by atoms with van der Waals surface area (Å²) in [6.45, 7) is 20.8. The van der Waals surface area contributed by atoms with Crippen molar-refractivity contribution in [1.29, 1.82) is 0 Å². The quantitative estimate of drug-likeness (QED) is 0.446. The standard InChI is InChI=1S/C26H36O2.C2H6/c1-9-12-21-18(4)16-20-13-10-11-14-22(20)24(21)19(5)28-25(27)23(15-17(2)3)26(6,7)8;1-2/h9-14,16-17,19,23H,15H2,1-8H3;1-2H3/b12-9-;. The number of hydrogen-bond acceptors (Lipinski definition) is 2. The Balaban J connectivity index is 0.00000218. The van der Waals surface area contributed by atoms with Gasteiger partial charge < -0.3 is 4.74 Å². The second-order valence-corrected chi connectivity index (χ2v) is 9.37. The summed E-state index contributed by atoms with van der Waals surface area (Å²) in [6.07, 6.45) is 4.70. The van der Waals surface area contributed by atoms with Crippen LogP contribution in [0.15, 0.2) is 36.4 Å². The maximum absolute atomic E-state index is 13.2. The molecule has 2 aromatic rings.